The fourth-order valence-electron chi connectivity index (χ4n) is 4.48. The Morgan fingerprint density at radius 1 is 1.17 bits per heavy atom. The maximum Gasteiger partial charge on any atom is 0.122 e. The van der Waals surface area contributed by atoms with E-state index in [2.05, 4.69) is 75.3 Å². The predicted octanol–water partition coefficient (Wildman–Crippen LogP) is 5.56. The molecule has 2 atom stereocenters. The third kappa shape index (κ3) is 5.85. The number of hydrogen-bond donors (Lipinski definition) is 0. The molecule has 0 aromatic heterocycles. The molecule has 1 aliphatic heterocycles. The van der Waals surface area contributed by atoms with E-state index in [4.69, 9.17) is 14.5 Å². The average molecular weight is 409 g/mol. The van der Waals surface area contributed by atoms with Crippen LogP contribution in [-0.4, -0.2) is 46.2 Å². The van der Waals surface area contributed by atoms with Crippen molar-refractivity contribution in [2.45, 2.75) is 44.6 Å². The summed E-state index contributed by atoms with van der Waals surface area (Å²) < 4.78 is 11.7. The van der Waals surface area contributed by atoms with Gasteiger partial charge in [-0.2, -0.15) is 0 Å². The summed E-state index contributed by atoms with van der Waals surface area (Å²) in [6.07, 6.45) is 5.15. The molecule has 2 unspecified atom stereocenters. The van der Waals surface area contributed by atoms with Crippen LogP contribution in [0.15, 0.2) is 53.5 Å². The lowest BCUT2D eigenvalue weighted by Gasteiger charge is -2.39. The van der Waals surface area contributed by atoms with Gasteiger partial charge in [0.1, 0.15) is 5.75 Å². The van der Waals surface area contributed by atoms with Crippen molar-refractivity contribution in [1.82, 2.24) is 0 Å². The molecule has 1 saturated heterocycles. The second kappa shape index (κ2) is 10.1. The summed E-state index contributed by atoms with van der Waals surface area (Å²) in [4.78, 5) is 6.86. The fourth-order valence-corrected chi connectivity index (χ4v) is 4.48. The average Bonchev–Trinajstić information content (AvgIpc) is 2.73. The van der Waals surface area contributed by atoms with Crippen molar-refractivity contribution in [3.05, 3.63) is 59.7 Å². The molecule has 0 aliphatic carbocycles. The molecule has 1 fully saturated rings. The van der Waals surface area contributed by atoms with E-state index in [0.717, 1.165) is 43.7 Å². The zero-order valence-corrected chi connectivity index (χ0v) is 19.1. The van der Waals surface area contributed by atoms with Gasteiger partial charge < -0.3 is 14.4 Å². The molecule has 0 bridgehead atoms. The number of rotatable bonds is 8. The maximum absolute atomic E-state index is 5.98. The SMILES string of the molecule is COc1ccccc1C(CCN=Cc1ccc(N(C)C)cc1)C1CCOC(C)(C)C1. The minimum absolute atomic E-state index is 0.0688. The number of ether oxygens (including phenoxy) is 2. The van der Waals surface area contributed by atoms with Crippen LogP contribution in [0.3, 0.4) is 0 Å². The molecule has 1 heterocycles. The monoisotopic (exact) mass is 408 g/mol. The summed E-state index contributed by atoms with van der Waals surface area (Å²) in [5, 5.41) is 0. The van der Waals surface area contributed by atoms with Crippen molar-refractivity contribution in [2.75, 3.05) is 39.3 Å². The number of anilines is 1. The number of benzene rings is 2. The number of aliphatic imine (C=N–C) groups is 1. The molecular weight excluding hydrogens is 372 g/mol. The molecule has 30 heavy (non-hydrogen) atoms. The predicted molar refractivity (Wildman–Crippen MR) is 126 cm³/mol. The van der Waals surface area contributed by atoms with Gasteiger partial charge in [0, 0.05) is 39.1 Å². The van der Waals surface area contributed by atoms with Crippen LogP contribution in [0.1, 0.15) is 50.2 Å². The zero-order chi connectivity index (χ0) is 21.6. The number of hydrogen-bond acceptors (Lipinski definition) is 4. The zero-order valence-electron chi connectivity index (χ0n) is 19.1. The Morgan fingerprint density at radius 3 is 2.57 bits per heavy atom. The van der Waals surface area contributed by atoms with E-state index in [1.807, 2.05) is 12.3 Å². The Bertz CT molecular complexity index is 827. The largest absolute Gasteiger partial charge is 0.496 e. The molecular formula is C26H36N2O2. The highest BCUT2D eigenvalue weighted by Crippen LogP contribution is 2.42. The van der Waals surface area contributed by atoms with Crippen LogP contribution < -0.4 is 9.64 Å². The van der Waals surface area contributed by atoms with Crippen molar-refractivity contribution in [3.8, 4) is 5.75 Å². The Labute approximate surface area is 181 Å². The van der Waals surface area contributed by atoms with Gasteiger partial charge in [0.15, 0.2) is 0 Å². The third-order valence-electron chi connectivity index (χ3n) is 6.06. The summed E-state index contributed by atoms with van der Waals surface area (Å²) in [6.45, 7) is 6.03. The molecule has 4 nitrogen and oxygen atoms in total. The summed E-state index contributed by atoms with van der Waals surface area (Å²) in [7, 11) is 5.87. The van der Waals surface area contributed by atoms with Crippen LogP contribution in [-0.2, 0) is 4.74 Å². The highest BCUT2D eigenvalue weighted by molar-refractivity contribution is 5.80. The number of nitrogens with zero attached hydrogens (tertiary/aromatic N) is 2. The van der Waals surface area contributed by atoms with Crippen molar-refractivity contribution >= 4 is 11.9 Å². The minimum Gasteiger partial charge on any atom is -0.496 e. The van der Waals surface area contributed by atoms with E-state index in [9.17, 15) is 0 Å². The van der Waals surface area contributed by atoms with Gasteiger partial charge in [-0.1, -0.05) is 30.3 Å². The third-order valence-corrected chi connectivity index (χ3v) is 6.06. The first-order valence-electron chi connectivity index (χ1n) is 10.9. The lowest BCUT2D eigenvalue weighted by molar-refractivity contribution is -0.0771. The molecule has 0 saturated carbocycles. The van der Waals surface area contributed by atoms with Crippen molar-refractivity contribution in [3.63, 3.8) is 0 Å². The van der Waals surface area contributed by atoms with Crippen LogP contribution >= 0.6 is 0 Å². The number of para-hydroxylation sites is 1. The Balaban J connectivity index is 1.72. The second-order valence-electron chi connectivity index (χ2n) is 9.02. The van der Waals surface area contributed by atoms with Crippen LogP contribution in [0.4, 0.5) is 5.69 Å². The fraction of sp³-hybridized carbons (Fsp3) is 0.500. The van der Waals surface area contributed by atoms with E-state index in [0.29, 0.717) is 11.8 Å². The molecule has 3 rings (SSSR count). The minimum atomic E-state index is -0.0688. The quantitative estimate of drug-likeness (QED) is 0.536. The van der Waals surface area contributed by atoms with E-state index in [1.165, 1.54) is 11.3 Å². The lowest BCUT2D eigenvalue weighted by Crippen LogP contribution is -2.36. The highest BCUT2D eigenvalue weighted by Gasteiger charge is 2.34. The molecule has 0 N–H and O–H groups in total. The smallest absolute Gasteiger partial charge is 0.122 e. The van der Waals surface area contributed by atoms with E-state index >= 15 is 0 Å². The van der Waals surface area contributed by atoms with Crippen molar-refractivity contribution in [2.24, 2.45) is 10.9 Å². The van der Waals surface area contributed by atoms with Crippen LogP contribution in [0.5, 0.6) is 5.75 Å². The van der Waals surface area contributed by atoms with Gasteiger partial charge in [0.2, 0.25) is 0 Å². The van der Waals surface area contributed by atoms with Gasteiger partial charge in [0.05, 0.1) is 12.7 Å². The van der Waals surface area contributed by atoms with Gasteiger partial charge in [0.25, 0.3) is 0 Å². The standard InChI is InChI=1S/C26H36N2O2/c1-26(2)18-21(15-17-30-26)23(24-8-6-7-9-25(24)29-5)14-16-27-19-20-10-12-22(13-11-20)28(3)4/h6-13,19,21,23H,14-18H2,1-5H3. The first-order chi connectivity index (χ1) is 14.4. The van der Waals surface area contributed by atoms with Crippen LogP contribution in [0.2, 0.25) is 0 Å². The first kappa shape index (κ1) is 22.4. The highest BCUT2D eigenvalue weighted by atomic mass is 16.5. The summed E-state index contributed by atoms with van der Waals surface area (Å²) in [6, 6.07) is 17.0. The normalized spacial score (nSPS) is 19.6. The first-order valence-corrected chi connectivity index (χ1v) is 10.9. The molecule has 0 radical (unpaired) electrons. The van der Waals surface area contributed by atoms with Gasteiger partial charge in [-0.05, 0) is 74.3 Å². The molecule has 0 amide bonds. The van der Waals surface area contributed by atoms with Crippen LogP contribution in [0.25, 0.3) is 0 Å². The summed E-state index contributed by atoms with van der Waals surface area (Å²) >= 11 is 0. The molecule has 4 heteroatoms. The second-order valence-corrected chi connectivity index (χ2v) is 9.02. The van der Waals surface area contributed by atoms with Crippen LogP contribution in [0, 0.1) is 5.92 Å². The lowest BCUT2D eigenvalue weighted by atomic mass is 9.75. The van der Waals surface area contributed by atoms with Gasteiger partial charge >= 0.3 is 0 Å². The van der Waals surface area contributed by atoms with Gasteiger partial charge in [-0.3, -0.25) is 4.99 Å². The van der Waals surface area contributed by atoms with Crippen molar-refractivity contribution in [1.29, 1.82) is 0 Å². The Morgan fingerprint density at radius 2 is 1.90 bits per heavy atom. The Kier molecular flexibility index (Phi) is 7.54. The Hall–Kier alpha value is -2.33. The number of methoxy groups -OCH3 is 1. The molecule has 162 valence electrons. The summed E-state index contributed by atoms with van der Waals surface area (Å²) in [5.74, 6) is 1.97. The van der Waals surface area contributed by atoms with E-state index in [1.54, 1.807) is 7.11 Å². The molecule has 1 aliphatic rings. The van der Waals surface area contributed by atoms with Gasteiger partial charge in [-0.25, -0.2) is 0 Å². The van der Waals surface area contributed by atoms with E-state index < -0.39 is 0 Å². The summed E-state index contributed by atoms with van der Waals surface area (Å²) in [5.41, 5.74) is 3.57. The topological polar surface area (TPSA) is 34.1 Å². The molecule has 2 aromatic rings. The molecule has 2 aromatic carbocycles. The maximum atomic E-state index is 5.98. The van der Waals surface area contributed by atoms with Gasteiger partial charge in [-0.15, -0.1) is 0 Å². The van der Waals surface area contributed by atoms with Crippen molar-refractivity contribution < 1.29 is 9.47 Å². The van der Waals surface area contributed by atoms with E-state index in [-0.39, 0.29) is 5.60 Å². The molecule has 0 spiro atoms.